The molecule has 21 heavy (non-hydrogen) atoms. The van der Waals surface area contributed by atoms with Crippen molar-refractivity contribution in [1.29, 1.82) is 0 Å². The maximum atomic E-state index is 9.02. The highest BCUT2D eigenvalue weighted by molar-refractivity contribution is 5.78. The van der Waals surface area contributed by atoms with E-state index in [0.717, 1.165) is 24.2 Å². The molecule has 0 saturated carbocycles. The molecule has 0 spiro atoms. The van der Waals surface area contributed by atoms with Gasteiger partial charge in [-0.2, -0.15) is 0 Å². The van der Waals surface area contributed by atoms with Crippen LogP contribution in [0.3, 0.4) is 0 Å². The van der Waals surface area contributed by atoms with Gasteiger partial charge in [-0.3, -0.25) is 4.98 Å². The van der Waals surface area contributed by atoms with Crippen LogP contribution >= 0.6 is 0 Å². The molecule has 0 atom stereocenters. The quantitative estimate of drug-likeness (QED) is 0.754. The molecule has 0 radical (unpaired) electrons. The van der Waals surface area contributed by atoms with Gasteiger partial charge in [-0.05, 0) is 34.9 Å². The van der Waals surface area contributed by atoms with Gasteiger partial charge in [0.15, 0.2) is 0 Å². The average molecular weight is 278 g/mol. The summed E-state index contributed by atoms with van der Waals surface area (Å²) >= 11 is 0. The standard InChI is InChI=1S/C18H18N2O/c21-13-15-5-3-14(4-6-15)11-19-12-16-7-8-18-17(10-16)2-1-9-20-18/h1-10,19,21H,11-13H2. The number of nitrogens with zero attached hydrogens (tertiary/aromatic N) is 1. The van der Waals surface area contributed by atoms with Crippen LogP contribution in [-0.4, -0.2) is 10.1 Å². The van der Waals surface area contributed by atoms with Gasteiger partial charge in [0.2, 0.25) is 0 Å². The fourth-order valence-electron chi connectivity index (χ4n) is 2.35. The first kappa shape index (κ1) is 13.7. The maximum Gasteiger partial charge on any atom is 0.0702 e. The number of hydrogen-bond donors (Lipinski definition) is 2. The highest BCUT2D eigenvalue weighted by atomic mass is 16.3. The third-order valence-corrected chi connectivity index (χ3v) is 3.53. The van der Waals surface area contributed by atoms with Crippen LogP contribution in [-0.2, 0) is 19.7 Å². The van der Waals surface area contributed by atoms with E-state index in [4.69, 9.17) is 5.11 Å². The molecular weight excluding hydrogens is 260 g/mol. The first-order chi connectivity index (χ1) is 10.3. The number of aliphatic hydroxyl groups excluding tert-OH is 1. The molecule has 0 bridgehead atoms. The van der Waals surface area contributed by atoms with Crippen molar-refractivity contribution < 1.29 is 5.11 Å². The lowest BCUT2D eigenvalue weighted by molar-refractivity contribution is 0.282. The number of aromatic nitrogens is 1. The Bertz CT molecular complexity index is 723. The normalized spacial score (nSPS) is 10.9. The van der Waals surface area contributed by atoms with Crippen LogP contribution in [0, 0.1) is 0 Å². The molecule has 0 saturated heterocycles. The number of rotatable bonds is 5. The van der Waals surface area contributed by atoms with Crippen molar-refractivity contribution >= 4 is 10.9 Å². The molecular formula is C18H18N2O. The first-order valence-electron chi connectivity index (χ1n) is 7.08. The third kappa shape index (κ3) is 3.45. The van der Waals surface area contributed by atoms with Crippen LogP contribution in [0.1, 0.15) is 16.7 Å². The van der Waals surface area contributed by atoms with Gasteiger partial charge < -0.3 is 10.4 Å². The molecule has 0 aliphatic rings. The number of aliphatic hydroxyl groups is 1. The fraction of sp³-hybridized carbons (Fsp3) is 0.167. The van der Waals surface area contributed by atoms with E-state index >= 15 is 0 Å². The number of pyridine rings is 1. The number of nitrogens with one attached hydrogen (secondary N) is 1. The van der Waals surface area contributed by atoms with E-state index in [0.29, 0.717) is 0 Å². The zero-order valence-corrected chi connectivity index (χ0v) is 11.8. The molecule has 0 fully saturated rings. The molecule has 1 heterocycles. The van der Waals surface area contributed by atoms with Crippen LogP contribution in [0.5, 0.6) is 0 Å². The predicted octanol–water partition coefficient (Wildman–Crippen LogP) is 3.02. The van der Waals surface area contributed by atoms with Crippen molar-refractivity contribution in [3.63, 3.8) is 0 Å². The molecule has 2 aromatic carbocycles. The van der Waals surface area contributed by atoms with Crippen molar-refractivity contribution in [2.45, 2.75) is 19.7 Å². The summed E-state index contributed by atoms with van der Waals surface area (Å²) < 4.78 is 0. The lowest BCUT2D eigenvalue weighted by atomic mass is 10.1. The van der Waals surface area contributed by atoms with Gasteiger partial charge in [-0.15, -0.1) is 0 Å². The maximum absolute atomic E-state index is 9.02. The summed E-state index contributed by atoms with van der Waals surface area (Å²) in [5.74, 6) is 0. The second-order valence-electron chi connectivity index (χ2n) is 5.11. The Hall–Kier alpha value is -2.23. The predicted molar refractivity (Wildman–Crippen MR) is 84.7 cm³/mol. The van der Waals surface area contributed by atoms with Crippen molar-refractivity contribution in [1.82, 2.24) is 10.3 Å². The summed E-state index contributed by atoms with van der Waals surface area (Å²) in [6.07, 6.45) is 1.82. The van der Waals surface area contributed by atoms with Crippen molar-refractivity contribution in [3.8, 4) is 0 Å². The monoisotopic (exact) mass is 278 g/mol. The zero-order valence-electron chi connectivity index (χ0n) is 11.8. The highest BCUT2D eigenvalue weighted by Crippen LogP contribution is 2.13. The Balaban J connectivity index is 1.60. The van der Waals surface area contributed by atoms with Crippen LogP contribution in [0.25, 0.3) is 10.9 Å². The minimum Gasteiger partial charge on any atom is -0.392 e. The van der Waals surface area contributed by atoms with Crippen molar-refractivity contribution in [3.05, 3.63) is 77.5 Å². The first-order valence-corrected chi connectivity index (χ1v) is 7.08. The topological polar surface area (TPSA) is 45.1 Å². The van der Waals surface area contributed by atoms with Gasteiger partial charge in [0, 0.05) is 24.7 Å². The van der Waals surface area contributed by atoms with E-state index in [1.165, 1.54) is 16.5 Å². The third-order valence-electron chi connectivity index (χ3n) is 3.53. The van der Waals surface area contributed by atoms with Crippen LogP contribution in [0.2, 0.25) is 0 Å². The van der Waals surface area contributed by atoms with Crippen LogP contribution < -0.4 is 5.32 Å². The molecule has 0 unspecified atom stereocenters. The number of hydrogen-bond acceptors (Lipinski definition) is 3. The summed E-state index contributed by atoms with van der Waals surface area (Å²) in [6.45, 7) is 1.74. The lowest BCUT2D eigenvalue weighted by Crippen LogP contribution is -2.12. The Morgan fingerprint density at radius 2 is 1.57 bits per heavy atom. The molecule has 3 nitrogen and oxygen atoms in total. The second-order valence-corrected chi connectivity index (χ2v) is 5.11. The minimum absolute atomic E-state index is 0.0961. The second kappa shape index (κ2) is 6.48. The minimum atomic E-state index is 0.0961. The Labute approximate surface area is 124 Å². The molecule has 1 aromatic heterocycles. The summed E-state index contributed by atoms with van der Waals surface area (Å²) in [5.41, 5.74) is 4.44. The van der Waals surface area contributed by atoms with Crippen LogP contribution in [0.4, 0.5) is 0 Å². The molecule has 3 heteroatoms. The average Bonchev–Trinajstić information content (AvgIpc) is 2.55. The SMILES string of the molecule is OCc1ccc(CNCc2ccc3ncccc3c2)cc1. The molecule has 0 aliphatic carbocycles. The summed E-state index contributed by atoms with van der Waals surface area (Å²) in [4.78, 5) is 4.33. The van der Waals surface area contributed by atoms with E-state index in [1.54, 1.807) is 0 Å². The van der Waals surface area contributed by atoms with E-state index in [1.807, 2.05) is 36.5 Å². The van der Waals surface area contributed by atoms with E-state index < -0.39 is 0 Å². The molecule has 0 amide bonds. The summed E-state index contributed by atoms with van der Waals surface area (Å²) in [5, 5.41) is 13.6. The molecule has 0 aliphatic heterocycles. The molecule has 106 valence electrons. The van der Waals surface area contributed by atoms with Crippen molar-refractivity contribution in [2.24, 2.45) is 0 Å². The summed E-state index contributed by atoms with van der Waals surface area (Å²) in [6, 6.07) is 18.4. The molecule has 3 aromatic rings. The smallest absolute Gasteiger partial charge is 0.0702 e. The Morgan fingerprint density at radius 1 is 0.857 bits per heavy atom. The van der Waals surface area contributed by atoms with Gasteiger partial charge in [-0.25, -0.2) is 0 Å². The van der Waals surface area contributed by atoms with E-state index in [-0.39, 0.29) is 6.61 Å². The molecule has 3 rings (SSSR count). The van der Waals surface area contributed by atoms with Gasteiger partial charge in [0.25, 0.3) is 0 Å². The van der Waals surface area contributed by atoms with Crippen molar-refractivity contribution in [2.75, 3.05) is 0 Å². The largest absolute Gasteiger partial charge is 0.392 e. The molecule has 2 N–H and O–H groups in total. The Morgan fingerprint density at radius 3 is 2.38 bits per heavy atom. The van der Waals surface area contributed by atoms with Gasteiger partial charge in [-0.1, -0.05) is 36.4 Å². The number of benzene rings is 2. The summed E-state index contributed by atoms with van der Waals surface area (Å²) in [7, 11) is 0. The highest BCUT2D eigenvalue weighted by Gasteiger charge is 1.98. The Kier molecular flexibility index (Phi) is 4.24. The van der Waals surface area contributed by atoms with Gasteiger partial charge in [0.1, 0.15) is 0 Å². The van der Waals surface area contributed by atoms with Crippen LogP contribution in [0.15, 0.2) is 60.8 Å². The van der Waals surface area contributed by atoms with Gasteiger partial charge >= 0.3 is 0 Å². The number of fused-ring (bicyclic) bond motifs is 1. The van der Waals surface area contributed by atoms with Gasteiger partial charge in [0.05, 0.1) is 12.1 Å². The van der Waals surface area contributed by atoms with E-state index in [9.17, 15) is 0 Å². The lowest BCUT2D eigenvalue weighted by Gasteiger charge is -2.07. The zero-order chi connectivity index (χ0) is 14.5. The van der Waals surface area contributed by atoms with E-state index in [2.05, 4.69) is 34.6 Å². The fourth-order valence-corrected chi connectivity index (χ4v) is 2.35.